The average molecular weight is 219 g/mol. The smallest absolute Gasteiger partial charge is 0.0314 e. The quantitative estimate of drug-likeness (QED) is 0.755. The Kier molecular flexibility index (Phi) is 3.67. The fraction of sp³-hybridized carbons (Fsp3) is 0.600. The van der Waals surface area contributed by atoms with Crippen LogP contribution < -0.4 is 5.73 Å². The van der Waals surface area contributed by atoms with Gasteiger partial charge < -0.3 is 5.73 Å². The largest absolute Gasteiger partial charge is 0.399 e. The van der Waals surface area contributed by atoms with E-state index in [0.29, 0.717) is 10.8 Å². The van der Waals surface area contributed by atoms with Crippen molar-refractivity contribution in [1.82, 2.24) is 0 Å². The van der Waals surface area contributed by atoms with Crippen molar-refractivity contribution in [2.45, 2.75) is 47.5 Å². The summed E-state index contributed by atoms with van der Waals surface area (Å²) < 4.78 is 0. The van der Waals surface area contributed by atoms with Gasteiger partial charge in [-0.05, 0) is 41.4 Å². The summed E-state index contributed by atoms with van der Waals surface area (Å²) in [6, 6.07) is 8.25. The molecule has 0 amide bonds. The predicted octanol–water partition coefficient (Wildman–Crippen LogP) is 4.27. The van der Waals surface area contributed by atoms with Gasteiger partial charge in [-0.2, -0.15) is 0 Å². The minimum Gasteiger partial charge on any atom is -0.399 e. The Morgan fingerprint density at radius 3 is 1.88 bits per heavy atom. The van der Waals surface area contributed by atoms with Crippen molar-refractivity contribution in [3.05, 3.63) is 29.8 Å². The Bertz CT molecular complexity index is 327. The summed E-state index contributed by atoms with van der Waals surface area (Å²) in [5, 5.41) is 0. The van der Waals surface area contributed by atoms with E-state index in [1.54, 1.807) is 0 Å². The lowest BCUT2D eigenvalue weighted by Crippen LogP contribution is -2.22. The maximum atomic E-state index is 5.69. The molecule has 1 nitrogen and oxygen atoms in total. The summed E-state index contributed by atoms with van der Waals surface area (Å²) in [5.41, 5.74) is 8.64. The van der Waals surface area contributed by atoms with Crippen molar-refractivity contribution in [2.24, 2.45) is 10.8 Å². The molecule has 0 unspecified atom stereocenters. The third-order valence-corrected chi connectivity index (χ3v) is 2.67. The van der Waals surface area contributed by atoms with Crippen molar-refractivity contribution in [3.63, 3.8) is 0 Å². The second kappa shape index (κ2) is 4.48. The molecule has 1 rings (SSSR count). The highest BCUT2D eigenvalue weighted by Crippen LogP contribution is 2.35. The lowest BCUT2D eigenvalue weighted by Gasteiger charge is -2.32. The summed E-state index contributed by atoms with van der Waals surface area (Å²) in [6.45, 7) is 11.6. The Morgan fingerprint density at radius 2 is 1.44 bits per heavy atom. The molecule has 1 aromatic carbocycles. The van der Waals surface area contributed by atoms with E-state index >= 15 is 0 Å². The summed E-state index contributed by atoms with van der Waals surface area (Å²) >= 11 is 0. The first-order chi connectivity index (χ1) is 7.18. The molecule has 0 fully saturated rings. The van der Waals surface area contributed by atoms with E-state index in [9.17, 15) is 0 Å². The Balaban J connectivity index is 2.69. The van der Waals surface area contributed by atoms with Gasteiger partial charge in [0.1, 0.15) is 0 Å². The first-order valence-electron chi connectivity index (χ1n) is 6.02. The molecule has 90 valence electrons. The second-order valence-electron chi connectivity index (χ2n) is 6.82. The molecule has 0 bridgehead atoms. The van der Waals surface area contributed by atoms with Crippen LogP contribution in [0.5, 0.6) is 0 Å². The number of rotatable bonds is 3. The molecule has 0 aromatic heterocycles. The third-order valence-electron chi connectivity index (χ3n) is 2.67. The lowest BCUT2D eigenvalue weighted by atomic mass is 9.73. The summed E-state index contributed by atoms with van der Waals surface area (Å²) in [5.74, 6) is 0. The zero-order valence-corrected chi connectivity index (χ0v) is 11.3. The number of hydrogen-bond acceptors (Lipinski definition) is 1. The lowest BCUT2D eigenvalue weighted by molar-refractivity contribution is 0.211. The minimum absolute atomic E-state index is 0.342. The second-order valence-corrected chi connectivity index (χ2v) is 6.82. The highest BCUT2D eigenvalue weighted by molar-refractivity contribution is 5.39. The minimum atomic E-state index is 0.342. The van der Waals surface area contributed by atoms with Crippen molar-refractivity contribution < 1.29 is 0 Å². The highest BCUT2D eigenvalue weighted by atomic mass is 14.5. The number of anilines is 1. The standard InChI is InChI=1S/C15H25N/c1-14(2,3)11-15(4,5)10-12-6-8-13(16)9-7-12/h6-9H,10-11,16H2,1-5H3. The normalized spacial score (nSPS) is 12.8. The number of hydrogen-bond donors (Lipinski definition) is 1. The van der Waals surface area contributed by atoms with Gasteiger partial charge in [-0.25, -0.2) is 0 Å². The van der Waals surface area contributed by atoms with Gasteiger partial charge in [0.15, 0.2) is 0 Å². The van der Waals surface area contributed by atoms with Gasteiger partial charge >= 0.3 is 0 Å². The monoisotopic (exact) mass is 219 g/mol. The molecule has 0 atom stereocenters. The van der Waals surface area contributed by atoms with Gasteiger partial charge in [0.05, 0.1) is 0 Å². The number of benzene rings is 1. The van der Waals surface area contributed by atoms with Crippen LogP contribution >= 0.6 is 0 Å². The van der Waals surface area contributed by atoms with Crippen LogP contribution in [-0.4, -0.2) is 0 Å². The summed E-state index contributed by atoms with van der Waals surface area (Å²) in [7, 11) is 0. The highest BCUT2D eigenvalue weighted by Gasteiger charge is 2.25. The van der Waals surface area contributed by atoms with Crippen LogP contribution in [-0.2, 0) is 6.42 Å². The molecule has 0 aliphatic rings. The van der Waals surface area contributed by atoms with E-state index in [1.807, 2.05) is 12.1 Å². The van der Waals surface area contributed by atoms with Gasteiger partial charge in [-0.1, -0.05) is 46.8 Å². The molecule has 0 radical (unpaired) electrons. The van der Waals surface area contributed by atoms with Crippen LogP contribution in [0.25, 0.3) is 0 Å². The zero-order valence-electron chi connectivity index (χ0n) is 11.3. The van der Waals surface area contributed by atoms with Crippen molar-refractivity contribution in [2.75, 3.05) is 5.73 Å². The van der Waals surface area contributed by atoms with Gasteiger partial charge in [-0.15, -0.1) is 0 Å². The molecule has 1 heteroatoms. The molecule has 2 N–H and O–H groups in total. The maximum absolute atomic E-state index is 5.69. The fourth-order valence-electron chi connectivity index (χ4n) is 2.69. The van der Waals surface area contributed by atoms with E-state index in [0.717, 1.165) is 12.1 Å². The van der Waals surface area contributed by atoms with E-state index in [2.05, 4.69) is 46.8 Å². The van der Waals surface area contributed by atoms with Crippen LogP contribution in [0.15, 0.2) is 24.3 Å². The predicted molar refractivity (Wildman–Crippen MR) is 72.4 cm³/mol. The molecule has 0 heterocycles. The molecule has 0 saturated heterocycles. The average Bonchev–Trinajstić information content (AvgIpc) is 2.04. The molecular formula is C15H25N. The van der Waals surface area contributed by atoms with Crippen LogP contribution in [0.1, 0.15) is 46.6 Å². The van der Waals surface area contributed by atoms with Crippen LogP contribution in [0.3, 0.4) is 0 Å². The molecule has 1 aromatic rings. The molecule has 16 heavy (non-hydrogen) atoms. The maximum Gasteiger partial charge on any atom is 0.0314 e. The van der Waals surface area contributed by atoms with E-state index in [4.69, 9.17) is 5.73 Å². The van der Waals surface area contributed by atoms with Gasteiger partial charge in [0, 0.05) is 5.69 Å². The molecule has 0 spiro atoms. The van der Waals surface area contributed by atoms with Crippen molar-refractivity contribution in [3.8, 4) is 0 Å². The van der Waals surface area contributed by atoms with E-state index < -0.39 is 0 Å². The van der Waals surface area contributed by atoms with E-state index in [-0.39, 0.29) is 0 Å². The molecular weight excluding hydrogens is 194 g/mol. The van der Waals surface area contributed by atoms with Crippen LogP contribution in [0.4, 0.5) is 5.69 Å². The molecule has 0 aliphatic carbocycles. The number of nitrogens with two attached hydrogens (primary N) is 1. The topological polar surface area (TPSA) is 26.0 Å². The third kappa shape index (κ3) is 4.69. The summed E-state index contributed by atoms with van der Waals surface area (Å²) in [6.07, 6.45) is 2.34. The van der Waals surface area contributed by atoms with E-state index in [1.165, 1.54) is 12.0 Å². The van der Waals surface area contributed by atoms with Gasteiger partial charge in [0.2, 0.25) is 0 Å². The van der Waals surface area contributed by atoms with Crippen LogP contribution in [0.2, 0.25) is 0 Å². The summed E-state index contributed by atoms with van der Waals surface area (Å²) in [4.78, 5) is 0. The fourth-order valence-corrected chi connectivity index (χ4v) is 2.69. The number of nitrogen functional groups attached to an aromatic ring is 1. The zero-order chi connectivity index (χ0) is 12.4. The Morgan fingerprint density at radius 1 is 0.938 bits per heavy atom. The Labute approximate surface area is 100 Å². The first kappa shape index (κ1) is 13.1. The van der Waals surface area contributed by atoms with Gasteiger partial charge in [0.25, 0.3) is 0 Å². The van der Waals surface area contributed by atoms with Gasteiger partial charge in [-0.3, -0.25) is 0 Å². The SMILES string of the molecule is CC(C)(C)CC(C)(C)Cc1ccc(N)cc1. The first-order valence-corrected chi connectivity index (χ1v) is 6.02. The van der Waals surface area contributed by atoms with Crippen molar-refractivity contribution >= 4 is 5.69 Å². The molecule has 0 aliphatic heterocycles. The Hall–Kier alpha value is -0.980. The van der Waals surface area contributed by atoms with Crippen LogP contribution in [0, 0.1) is 10.8 Å². The molecule has 0 saturated carbocycles. The van der Waals surface area contributed by atoms with Crippen molar-refractivity contribution in [1.29, 1.82) is 0 Å².